The third-order valence-corrected chi connectivity index (χ3v) is 18.7. The van der Waals surface area contributed by atoms with Crippen LogP contribution in [-0.4, -0.2) is 110 Å². The Balaban J connectivity index is 2.16. The van der Waals surface area contributed by atoms with Gasteiger partial charge in [0.2, 0.25) is 5.91 Å². The molecule has 0 aliphatic carbocycles. The highest BCUT2D eigenvalue weighted by Crippen LogP contribution is 2.24. The Hall–Kier alpha value is -1.67. The van der Waals surface area contributed by atoms with Crippen LogP contribution >= 0.6 is 0 Å². The number of unbranched alkanes of at least 4 members (excludes halogenated alkanes) is 50. The molecule has 8 N–H and O–H groups in total. The van der Waals surface area contributed by atoms with Gasteiger partial charge in [-0.15, -0.1) is 0 Å². The van der Waals surface area contributed by atoms with Crippen molar-refractivity contribution >= 4 is 5.91 Å². The molecule has 0 aromatic heterocycles. The molecule has 11 heteroatoms. The summed E-state index contributed by atoms with van der Waals surface area (Å²) < 4.78 is 11.2. The van der Waals surface area contributed by atoms with E-state index in [0.717, 1.165) is 44.9 Å². The van der Waals surface area contributed by atoms with Gasteiger partial charge in [0.15, 0.2) is 6.29 Å². The van der Waals surface area contributed by atoms with Crippen molar-refractivity contribution in [3.05, 3.63) is 36.5 Å². The predicted octanol–water partition coefficient (Wildman–Crippen LogP) is 19.3. The van der Waals surface area contributed by atoms with Crippen molar-refractivity contribution < 1.29 is 50.0 Å². The lowest BCUT2D eigenvalue weighted by atomic mass is 9.98. The van der Waals surface area contributed by atoms with E-state index in [4.69, 9.17) is 9.47 Å². The van der Waals surface area contributed by atoms with Gasteiger partial charge in [-0.3, -0.25) is 4.79 Å². The standard InChI is InChI=1S/C77H147NO10/c1-3-5-7-9-11-13-15-17-19-21-23-25-27-29-30-31-32-33-34-35-36-37-38-39-41-43-45-47-49-51-53-55-57-59-61-63-65-70(81)76(86)78-68(67-87-77-75(85)74(84)73(83)71(66-79)88-77)72(82)69(80)64-62-60-58-56-54-52-50-48-46-44-42-40-28-26-24-22-20-18-16-14-12-10-8-6-4-2/h40,42,48,50,56,58,68-75,77,79-85H,3-39,41,43-47,49,51-55,57,59-67H2,1-2H3,(H,78,86)/b42-40+,50-48+,58-56+. The fourth-order valence-electron chi connectivity index (χ4n) is 12.5. The molecule has 0 spiro atoms. The summed E-state index contributed by atoms with van der Waals surface area (Å²) >= 11 is 0. The van der Waals surface area contributed by atoms with Crippen LogP contribution in [0.1, 0.15) is 380 Å². The highest BCUT2D eigenvalue weighted by Gasteiger charge is 2.44. The Morgan fingerprint density at radius 2 is 0.682 bits per heavy atom. The van der Waals surface area contributed by atoms with Gasteiger partial charge in [0.05, 0.1) is 25.4 Å². The zero-order chi connectivity index (χ0) is 63.9. The van der Waals surface area contributed by atoms with E-state index in [1.807, 2.05) is 0 Å². The summed E-state index contributed by atoms with van der Waals surface area (Å²) in [4.78, 5) is 13.3. The molecule has 1 fully saturated rings. The monoisotopic (exact) mass is 1250 g/mol. The van der Waals surface area contributed by atoms with E-state index in [2.05, 4.69) is 55.6 Å². The van der Waals surface area contributed by atoms with Gasteiger partial charge in [-0.1, -0.05) is 352 Å². The highest BCUT2D eigenvalue weighted by atomic mass is 16.7. The Bertz CT molecular complexity index is 1530. The lowest BCUT2D eigenvalue weighted by Crippen LogP contribution is -2.60. The minimum Gasteiger partial charge on any atom is -0.394 e. The fraction of sp³-hybridized carbons (Fsp3) is 0.909. The number of allylic oxidation sites excluding steroid dienone is 6. The van der Waals surface area contributed by atoms with Crippen LogP contribution in [0.15, 0.2) is 36.5 Å². The number of hydrogen-bond donors (Lipinski definition) is 8. The molecule has 0 saturated carbocycles. The average Bonchev–Trinajstić information content (AvgIpc) is 3.61. The molecule has 520 valence electrons. The van der Waals surface area contributed by atoms with Gasteiger partial charge in [0.1, 0.15) is 36.6 Å². The van der Waals surface area contributed by atoms with E-state index in [0.29, 0.717) is 19.3 Å². The second kappa shape index (κ2) is 65.4. The summed E-state index contributed by atoms with van der Waals surface area (Å²) in [5.74, 6) is -0.705. The molecule has 1 rings (SSSR count). The number of rotatable bonds is 68. The Kier molecular flexibility index (Phi) is 62.7. The smallest absolute Gasteiger partial charge is 0.249 e. The Morgan fingerprint density at radius 3 is 1.01 bits per heavy atom. The molecule has 1 amide bonds. The first-order valence-corrected chi connectivity index (χ1v) is 38.4. The molecule has 9 atom stereocenters. The van der Waals surface area contributed by atoms with Crippen molar-refractivity contribution in [2.45, 2.75) is 435 Å². The maximum Gasteiger partial charge on any atom is 0.249 e. The summed E-state index contributed by atoms with van der Waals surface area (Å²) in [7, 11) is 0. The second-order valence-corrected chi connectivity index (χ2v) is 27.1. The first-order chi connectivity index (χ1) is 43.2. The van der Waals surface area contributed by atoms with Gasteiger partial charge in [-0.25, -0.2) is 0 Å². The van der Waals surface area contributed by atoms with Crippen molar-refractivity contribution in [3.8, 4) is 0 Å². The summed E-state index contributed by atoms with van der Waals surface area (Å²) in [5, 5.41) is 76.6. The van der Waals surface area contributed by atoms with E-state index in [1.54, 1.807) is 0 Å². The molecule has 1 heterocycles. The van der Waals surface area contributed by atoms with Crippen LogP contribution in [0.2, 0.25) is 0 Å². The first kappa shape index (κ1) is 84.3. The minimum absolute atomic E-state index is 0.243. The number of nitrogens with one attached hydrogen (secondary N) is 1. The average molecular weight is 1250 g/mol. The topological polar surface area (TPSA) is 189 Å². The van der Waals surface area contributed by atoms with Gasteiger partial charge in [-0.05, 0) is 64.2 Å². The quantitative estimate of drug-likeness (QED) is 0.0215. The molecule has 0 aromatic carbocycles. The summed E-state index contributed by atoms with van der Waals surface area (Å²) in [6.45, 7) is 3.50. The van der Waals surface area contributed by atoms with Gasteiger partial charge in [0.25, 0.3) is 0 Å². The van der Waals surface area contributed by atoms with E-state index in [9.17, 15) is 40.5 Å². The van der Waals surface area contributed by atoms with Crippen LogP contribution < -0.4 is 5.32 Å². The number of ether oxygens (including phenoxy) is 2. The van der Waals surface area contributed by atoms with Crippen LogP contribution in [0, 0.1) is 0 Å². The molecule has 11 nitrogen and oxygen atoms in total. The van der Waals surface area contributed by atoms with Gasteiger partial charge in [-0.2, -0.15) is 0 Å². The Labute approximate surface area is 543 Å². The van der Waals surface area contributed by atoms with E-state index in [1.165, 1.54) is 289 Å². The molecule has 88 heavy (non-hydrogen) atoms. The largest absolute Gasteiger partial charge is 0.394 e. The van der Waals surface area contributed by atoms with Crippen LogP contribution in [0.4, 0.5) is 0 Å². The molecule has 1 saturated heterocycles. The number of carbonyl (C=O) groups excluding carboxylic acids is 1. The third-order valence-electron chi connectivity index (χ3n) is 18.7. The minimum atomic E-state index is -1.67. The highest BCUT2D eigenvalue weighted by molar-refractivity contribution is 5.80. The van der Waals surface area contributed by atoms with Crippen molar-refractivity contribution in [2.75, 3.05) is 13.2 Å². The first-order valence-electron chi connectivity index (χ1n) is 38.4. The number of carbonyl (C=O) groups is 1. The van der Waals surface area contributed by atoms with Gasteiger partial charge in [0, 0.05) is 0 Å². The second-order valence-electron chi connectivity index (χ2n) is 27.1. The lowest BCUT2D eigenvalue weighted by molar-refractivity contribution is -0.303. The molecule has 0 aromatic rings. The molecule has 0 bridgehead atoms. The maximum absolute atomic E-state index is 13.3. The number of hydrogen-bond acceptors (Lipinski definition) is 10. The lowest BCUT2D eigenvalue weighted by Gasteiger charge is -2.40. The summed E-state index contributed by atoms with van der Waals surface area (Å²) in [6, 6.07) is -1.20. The molecular weight excluding hydrogens is 1100 g/mol. The van der Waals surface area contributed by atoms with Gasteiger partial charge < -0.3 is 50.5 Å². The molecule has 9 unspecified atom stereocenters. The van der Waals surface area contributed by atoms with Crippen molar-refractivity contribution in [1.82, 2.24) is 5.32 Å². The Morgan fingerprint density at radius 1 is 0.386 bits per heavy atom. The van der Waals surface area contributed by atoms with Crippen molar-refractivity contribution in [2.24, 2.45) is 0 Å². The zero-order valence-corrected chi connectivity index (χ0v) is 57.7. The SMILES string of the molecule is CCCCCCCCCCCCCC/C=C/CC/C=C/CC/C=C/CCCC(O)C(O)C(COC1OC(CO)C(O)C(O)C1O)NC(=O)C(O)CCCCCCCCCCCCCCCCCCCCCCCCCCCCCCCCCCCCCC. The summed E-state index contributed by atoms with van der Waals surface area (Å²) in [6.07, 6.45) is 74.1. The molecular formula is C77H147NO10. The zero-order valence-electron chi connectivity index (χ0n) is 57.7. The molecule has 1 aliphatic heterocycles. The third kappa shape index (κ3) is 51.8. The number of amides is 1. The van der Waals surface area contributed by atoms with Crippen LogP contribution in [0.5, 0.6) is 0 Å². The molecule has 1 aliphatic rings. The van der Waals surface area contributed by atoms with Gasteiger partial charge >= 0.3 is 0 Å². The number of aliphatic hydroxyl groups is 7. The van der Waals surface area contributed by atoms with E-state index in [-0.39, 0.29) is 12.8 Å². The van der Waals surface area contributed by atoms with Crippen molar-refractivity contribution in [1.29, 1.82) is 0 Å². The summed E-state index contributed by atoms with van der Waals surface area (Å²) in [5.41, 5.74) is 0. The van der Waals surface area contributed by atoms with Crippen molar-refractivity contribution in [3.63, 3.8) is 0 Å². The molecule has 0 radical (unpaired) electrons. The van der Waals surface area contributed by atoms with Crippen LogP contribution in [0.3, 0.4) is 0 Å². The van der Waals surface area contributed by atoms with Crippen LogP contribution in [-0.2, 0) is 14.3 Å². The van der Waals surface area contributed by atoms with E-state index < -0.39 is 74.2 Å². The number of aliphatic hydroxyl groups excluding tert-OH is 7. The fourth-order valence-corrected chi connectivity index (χ4v) is 12.5. The van der Waals surface area contributed by atoms with E-state index >= 15 is 0 Å². The predicted molar refractivity (Wildman–Crippen MR) is 372 cm³/mol. The van der Waals surface area contributed by atoms with Crippen LogP contribution in [0.25, 0.3) is 0 Å². The normalized spacial score (nSPS) is 18.8. The maximum atomic E-state index is 13.3.